The molecule has 22 heavy (non-hydrogen) atoms. The molecule has 5 nitrogen and oxygen atoms in total. The third-order valence-corrected chi connectivity index (χ3v) is 5.00. The van der Waals surface area contributed by atoms with Crippen LogP contribution in [0.15, 0.2) is 0 Å². The van der Waals surface area contributed by atoms with Crippen molar-refractivity contribution in [2.24, 2.45) is 17.3 Å². The van der Waals surface area contributed by atoms with Gasteiger partial charge in [0.1, 0.15) is 0 Å². The first-order valence-corrected chi connectivity index (χ1v) is 8.46. The maximum Gasteiger partial charge on any atom is 0.227 e. The molecule has 0 bridgehead atoms. The van der Waals surface area contributed by atoms with E-state index in [4.69, 9.17) is 0 Å². The van der Waals surface area contributed by atoms with Crippen LogP contribution >= 0.6 is 0 Å². The molecule has 0 saturated carbocycles. The Morgan fingerprint density at radius 2 is 1.55 bits per heavy atom. The quantitative estimate of drug-likeness (QED) is 0.798. The van der Waals surface area contributed by atoms with E-state index < -0.39 is 6.10 Å². The monoisotopic (exact) mass is 310 g/mol. The number of hydrogen-bond acceptors (Lipinski definition) is 3. The highest BCUT2D eigenvalue weighted by Crippen LogP contribution is 2.26. The number of nitrogens with zero attached hydrogens (tertiary/aromatic N) is 2. The number of carbonyl (C=O) groups is 2. The molecule has 5 heteroatoms. The van der Waals surface area contributed by atoms with E-state index in [0.717, 1.165) is 25.8 Å². The Morgan fingerprint density at radius 3 is 2.05 bits per heavy atom. The summed E-state index contributed by atoms with van der Waals surface area (Å²) in [6.07, 6.45) is 1.94. The van der Waals surface area contributed by atoms with Gasteiger partial charge in [0.15, 0.2) is 0 Å². The first kappa shape index (κ1) is 17.3. The molecule has 0 aromatic carbocycles. The number of amides is 2. The van der Waals surface area contributed by atoms with Crippen molar-refractivity contribution in [3.8, 4) is 0 Å². The lowest BCUT2D eigenvalue weighted by molar-refractivity contribution is -0.146. The summed E-state index contributed by atoms with van der Waals surface area (Å²) < 4.78 is 0. The third kappa shape index (κ3) is 3.80. The average molecular weight is 310 g/mol. The fourth-order valence-electron chi connectivity index (χ4n) is 3.31. The van der Waals surface area contributed by atoms with Crippen LogP contribution < -0.4 is 0 Å². The second-order valence-electron chi connectivity index (χ2n) is 7.93. The smallest absolute Gasteiger partial charge is 0.227 e. The second kappa shape index (κ2) is 6.57. The van der Waals surface area contributed by atoms with E-state index in [1.807, 2.05) is 37.5 Å². The fraction of sp³-hybridized carbons (Fsp3) is 0.882. The highest BCUT2D eigenvalue weighted by molar-refractivity contribution is 5.82. The van der Waals surface area contributed by atoms with Gasteiger partial charge in [0, 0.05) is 37.5 Å². The fourth-order valence-corrected chi connectivity index (χ4v) is 3.31. The van der Waals surface area contributed by atoms with Crippen molar-refractivity contribution in [2.75, 3.05) is 26.2 Å². The van der Waals surface area contributed by atoms with Crippen LogP contribution in [0.3, 0.4) is 0 Å². The zero-order valence-electron chi connectivity index (χ0n) is 14.3. The van der Waals surface area contributed by atoms with E-state index >= 15 is 0 Å². The molecule has 0 radical (unpaired) electrons. The summed E-state index contributed by atoms with van der Waals surface area (Å²) >= 11 is 0. The molecule has 2 aliphatic rings. The molecule has 0 aromatic heterocycles. The predicted molar refractivity (Wildman–Crippen MR) is 85.1 cm³/mol. The molecule has 1 N–H and O–H groups in total. The van der Waals surface area contributed by atoms with E-state index in [1.54, 1.807) is 0 Å². The molecule has 2 fully saturated rings. The van der Waals surface area contributed by atoms with Crippen molar-refractivity contribution in [1.82, 2.24) is 9.80 Å². The van der Waals surface area contributed by atoms with Crippen molar-refractivity contribution in [3.63, 3.8) is 0 Å². The summed E-state index contributed by atoms with van der Waals surface area (Å²) in [6, 6.07) is 0. The standard InChI is InChI=1S/C17H30N2O3/c1-12-5-8-19(11-14(12)20)15(21)13-6-9-18(10-7-13)16(22)17(2,3)4/h12-14,20H,5-11H2,1-4H3. The van der Waals surface area contributed by atoms with Crippen LogP contribution in [0.2, 0.25) is 0 Å². The summed E-state index contributed by atoms with van der Waals surface area (Å²) in [6.45, 7) is 10.4. The summed E-state index contributed by atoms with van der Waals surface area (Å²) in [5.74, 6) is 0.606. The van der Waals surface area contributed by atoms with E-state index in [9.17, 15) is 14.7 Å². The van der Waals surface area contributed by atoms with Crippen LogP contribution in [-0.4, -0.2) is 59.0 Å². The van der Waals surface area contributed by atoms with Gasteiger partial charge in [-0.15, -0.1) is 0 Å². The molecule has 2 amide bonds. The molecule has 2 unspecified atom stereocenters. The maximum atomic E-state index is 12.6. The van der Waals surface area contributed by atoms with E-state index in [2.05, 4.69) is 0 Å². The zero-order chi connectivity index (χ0) is 16.5. The van der Waals surface area contributed by atoms with E-state index in [1.165, 1.54) is 0 Å². The van der Waals surface area contributed by atoms with Crippen LogP contribution in [0.1, 0.15) is 47.0 Å². The molecule has 126 valence electrons. The first-order chi connectivity index (χ1) is 10.2. The van der Waals surface area contributed by atoms with Gasteiger partial charge in [0.05, 0.1) is 6.10 Å². The minimum Gasteiger partial charge on any atom is -0.391 e. The number of likely N-dealkylation sites (tertiary alicyclic amines) is 2. The van der Waals surface area contributed by atoms with Crippen molar-refractivity contribution < 1.29 is 14.7 Å². The molecule has 0 aliphatic carbocycles. The van der Waals surface area contributed by atoms with Gasteiger partial charge in [-0.3, -0.25) is 9.59 Å². The molecule has 2 atom stereocenters. The Balaban J connectivity index is 1.86. The summed E-state index contributed by atoms with van der Waals surface area (Å²) in [5, 5.41) is 9.95. The number of carbonyl (C=O) groups excluding carboxylic acids is 2. The Kier molecular flexibility index (Phi) is 5.15. The molecule has 0 spiro atoms. The lowest BCUT2D eigenvalue weighted by Gasteiger charge is -2.39. The highest BCUT2D eigenvalue weighted by atomic mass is 16.3. The lowest BCUT2D eigenvalue weighted by atomic mass is 9.89. The zero-order valence-corrected chi connectivity index (χ0v) is 14.3. The summed E-state index contributed by atoms with van der Waals surface area (Å²) in [5.41, 5.74) is -0.357. The van der Waals surface area contributed by atoms with Crippen LogP contribution in [0, 0.1) is 17.3 Å². The van der Waals surface area contributed by atoms with E-state index in [0.29, 0.717) is 19.6 Å². The number of aliphatic hydroxyl groups is 1. The summed E-state index contributed by atoms with van der Waals surface area (Å²) in [7, 11) is 0. The Labute approximate surface area is 133 Å². The van der Waals surface area contributed by atoms with Gasteiger partial charge in [-0.2, -0.15) is 0 Å². The van der Waals surface area contributed by atoms with Crippen molar-refractivity contribution in [2.45, 2.75) is 53.1 Å². The number of aliphatic hydroxyl groups excluding tert-OH is 1. The van der Waals surface area contributed by atoms with Crippen molar-refractivity contribution in [3.05, 3.63) is 0 Å². The molecule has 2 rings (SSSR count). The maximum absolute atomic E-state index is 12.6. The van der Waals surface area contributed by atoms with Gasteiger partial charge >= 0.3 is 0 Å². The predicted octanol–water partition coefficient (Wildman–Crippen LogP) is 1.50. The molecular weight excluding hydrogens is 280 g/mol. The lowest BCUT2D eigenvalue weighted by Crippen LogP contribution is -2.51. The molecule has 2 heterocycles. The van der Waals surface area contributed by atoms with Gasteiger partial charge in [-0.25, -0.2) is 0 Å². The van der Waals surface area contributed by atoms with E-state index in [-0.39, 0.29) is 29.1 Å². The van der Waals surface area contributed by atoms with Crippen LogP contribution in [0.4, 0.5) is 0 Å². The van der Waals surface area contributed by atoms with Gasteiger partial charge in [-0.05, 0) is 25.2 Å². The van der Waals surface area contributed by atoms with Crippen molar-refractivity contribution >= 4 is 11.8 Å². The number of piperidine rings is 2. The second-order valence-corrected chi connectivity index (χ2v) is 7.93. The minimum atomic E-state index is -0.403. The Bertz CT molecular complexity index is 422. The molecule has 2 saturated heterocycles. The number of hydrogen-bond donors (Lipinski definition) is 1. The molecular formula is C17H30N2O3. The normalized spacial score (nSPS) is 27.9. The van der Waals surface area contributed by atoms with Crippen LogP contribution in [0.25, 0.3) is 0 Å². The molecule has 0 aromatic rings. The highest BCUT2D eigenvalue weighted by Gasteiger charge is 2.35. The topological polar surface area (TPSA) is 60.9 Å². The van der Waals surface area contributed by atoms with Gasteiger partial charge in [-0.1, -0.05) is 27.7 Å². The molecule has 2 aliphatic heterocycles. The summed E-state index contributed by atoms with van der Waals surface area (Å²) in [4.78, 5) is 28.6. The average Bonchev–Trinajstić information content (AvgIpc) is 2.48. The largest absolute Gasteiger partial charge is 0.391 e. The number of β-amino-alcohol motifs (C(OH)–C–C–N with tert-alkyl or cyclic N) is 1. The van der Waals surface area contributed by atoms with Gasteiger partial charge in [0.25, 0.3) is 0 Å². The van der Waals surface area contributed by atoms with Crippen LogP contribution in [0.5, 0.6) is 0 Å². The van der Waals surface area contributed by atoms with Gasteiger partial charge in [0.2, 0.25) is 11.8 Å². The number of rotatable bonds is 1. The SMILES string of the molecule is CC1CCN(C(=O)C2CCN(C(=O)C(C)(C)C)CC2)CC1O. The minimum absolute atomic E-state index is 0.00428. The van der Waals surface area contributed by atoms with Crippen LogP contribution in [-0.2, 0) is 9.59 Å². The van der Waals surface area contributed by atoms with Gasteiger partial charge < -0.3 is 14.9 Å². The third-order valence-electron chi connectivity index (χ3n) is 5.00. The Morgan fingerprint density at radius 1 is 1.00 bits per heavy atom. The first-order valence-electron chi connectivity index (χ1n) is 8.46. The Hall–Kier alpha value is -1.10. The van der Waals surface area contributed by atoms with Crippen molar-refractivity contribution in [1.29, 1.82) is 0 Å².